The fraction of sp³-hybridized carbons (Fsp3) is 0.304. The summed E-state index contributed by atoms with van der Waals surface area (Å²) in [6, 6.07) is 12.4. The molecule has 2 aromatic carbocycles. The van der Waals surface area contributed by atoms with Crippen molar-refractivity contribution in [2.75, 3.05) is 6.61 Å². The molecular weight excluding hydrogens is 418 g/mol. The number of carbonyl (C=O) groups excluding carboxylic acids is 1. The van der Waals surface area contributed by atoms with Gasteiger partial charge in [-0.3, -0.25) is 4.79 Å². The summed E-state index contributed by atoms with van der Waals surface area (Å²) in [5.74, 6) is -1.91. The molecule has 1 amide bonds. The Kier molecular flexibility index (Phi) is 4.53. The van der Waals surface area contributed by atoms with Gasteiger partial charge in [-0.1, -0.05) is 31.2 Å². The summed E-state index contributed by atoms with van der Waals surface area (Å²) in [6.45, 7) is 3.39. The van der Waals surface area contributed by atoms with Gasteiger partial charge in [0.1, 0.15) is 18.1 Å². The molecule has 1 fully saturated rings. The quantitative estimate of drug-likeness (QED) is 0.592. The number of ether oxygens (including phenoxy) is 1. The lowest BCUT2D eigenvalue weighted by atomic mass is 9.78. The summed E-state index contributed by atoms with van der Waals surface area (Å²) >= 11 is 0. The number of aliphatic hydroxyl groups is 1. The molecule has 7 nitrogen and oxygen atoms in total. The number of hydrogen-bond acceptors (Lipinski definition) is 5. The molecule has 8 heteroatoms. The van der Waals surface area contributed by atoms with Gasteiger partial charge >= 0.3 is 5.97 Å². The van der Waals surface area contributed by atoms with Crippen LogP contribution in [-0.4, -0.2) is 50.0 Å². The van der Waals surface area contributed by atoms with Crippen LogP contribution in [0.2, 0.25) is 0 Å². The van der Waals surface area contributed by atoms with E-state index in [0.29, 0.717) is 16.2 Å². The number of benzene rings is 2. The monoisotopic (exact) mass is 439 g/mol. The van der Waals surface area contributed by atoms with Gasteiger partial charge in [0.2, 0.25) is 5.91 Å². The summed E-state index contributed by atoms with van der Waals surface area (Å²) < 4.78 is 18.9. The van der Waals surface area contributed by atoms with Gasteiger partial charge in [0.05, 0.1) is 38.7 Å². The second kappa shape index (κ2) is 7.03. The lowest BCUT2D eigenvalue weighted by molar-refractivity contribution is -0.163. The molecule has 160 valence electrons. The predicted molar refractivity (Wildman–Crippen MR) is 112 cm³/mol. The Balaban J connectivity index is 1.49. The minimum atomic E-state index is -1.29. The van der Waals surface area contributed by atoms with Crippen LogP contribution in [0.1, 0.15) is 13.8 Å². The minimum Gasteiger partial charge on any atom is -0.488 e. The summed E-state index contributed by atoms with van der Waals surface area (Å²) in [5.41, 5.74) is 2.04. The van der Waals surface area contributed by atoms with E-state index in [0.717, 1.165) is 16.0 Å². The molecule has 0 saturated carbocycles. The lowest BCUT2D eigenvalue weighted by Gasteiger charge is -2.46. The number of rotatable bonds is 5. The average molecular weight is 439 g/mol. The summed E-state index contributed by atoms with van der Waals surface area (Å²) in [7, 11) is -1.29. The normalized spacial score (nSPS) is 26.8. The maximum atomic E-state index is 12.8. The Bertz CT molecular complexity index is 1190. The molecule has 0 bridgehead atoms. The molecule has 2 aromatic rings. The van der Waals surface area contributed by atoms with Crippen LogP contribution in [0.25, 0.3) is 11.1 Å². The molecule has 3 heterocycles. The van der Waals surface area contributed by atoms with Crippen LogP contribution in [0.4, 0.5) is 0 Å². The molecule has 5 rings (SSSR count). The van der Waals surface area contributed by atoms with E-state index in [2.05, 4.69) is 0 Å². The molecule has 0 spiro atoms. The van der Waals surface area contributed by atoms with Gasteiger partial charge < -0.3 is 19.8 Å². The predicted octanol–water partition coefficient (Wildman–Crippen LogP) is 2.41. The summed E-state index contributed by atoms with van der Waals surface area (Å²) in [4.78, 5) is 27.1. The van der Waals surface area contributed by atoms with Gasteiger partial charge in [0, 0.05) is 22.6 Å². The van der Waals surface area contributed by atoms with Crippen molar-refractivity contribution in [2.24, 2.45) is 11.8 Å². The third kappa shape index (κ3) is 2.71. The molecular formula is C23H21NO6S. The van der Waals surface area contributed by atoms with Gasteiger partial charge in [-0.2, -0.15) is 0 Å². The van der Waals surface area contributed by atoms with E-state index >= 15 is 0 Å². The van der Waals surface area contributed by atoms with Crippen LogP contribution >= 0.6 is 0 Å². The van der Waals surface area contributed by atoms with Crippen molar-refractivity contribution in [2.45, 2.75) is 35.8 Å². The Morgan fingerprint density at radius 3 is 2.61 bits per heavy atom. The molecule has 31 heavy (non-hydrogen) atoms. The van der Waals surface area contributed by atoms with E-state index in [1.165, 1.54) is 4.90 Å². The smallest absolute Gasteiger partial charge is 0.352 e. The fourth-order valence-electron chi connectivity index (χ4n) is 4.99. The standard InChI is InChI=1S/C23H21NO6S/c1-11-14(21(23(27)28)24-20(11)18(12(2)25)22(24)26)10-30-15-7-5-9-17-19(15)13-6-3-4-8-16(13)31(17)29/h3-9,11-12,18,20,25H,10H2,1-2H3,(H,27,28)/t11-,12+,18+,20+,31?/m0/s1. The second-order valence-corrected chi connectivity index (χ2v) is 9.53. The number of carboxylic acids is 1. The number of amides is 1. The number of fused-ring (bicyclic) bond motifs is 4. The molecule has 5 atom stereocenters. The maximum Gasteiger partial charge on any atom is 0.352 e. The molecule has 2 N–H and O–H groups in total. The molecule has 0 aliphatic carbocycles. The highest BCUT2D eigenvalue weighted by Gasteiger charge is 2.59. The van der Waals surface area contributed by atoms with Crippen molar-refractivity contribution in [3.63, 3.8) is 0 Å². The molecule has 3 aliphatic rings. The van der Waals surface area contributed by atoms with E-state index < -0.39 is 28.8 Å². The van der Waals surface area contributed by atoms with Crippen molar-refractivity contribution < 1.29 is 28.7 Å². The zero-order valence-corrected chi connectivity index (χ0v) is 17.8. The highest BCUT2D eigenvalue weighted by atomic mass is 32.2. The summed E-state index contributed by atoms with van der Waals surface area (Å²) in [6.07, 6.45) is -0.851. The van der Waals surface area contributed by atoms with Gasteiger partial charge in [-0.15, -0.1) is 0 Å². The van der Waals surface area contributed by atoms with Gasteiger partial charge in [-0.25, -0.2) is 9.00 Å². The molecule has 1 unspecified atom stereocenters. The van der Waals surface area contributed by atoms with Crippen LogP contribution in [0.5, 0.6) is 5.75 Å². The highest BCUT2D eigenvalue weighted by Crippen LogP contribution is 2.49. The van der Waals surface area contributed by atoms with Gasteiger partial charge in [0.15, 0.2) is 0 Å². The van der Waals surface area contributed by atoms with Crippen molar-refractivity contribution >= 4 is 22.7 Å². The Hall–Kier alpha value is -2.97. The summed E-state index contributed by atoms with van der Waals surface area (Å²) in [5, 5.41) is 19.7. The van der Waals surface area contributed by atoms with Crippen molar-refractivity contribution in [3.8, 4) is 16.9 Å². The number of nitrogens with zero attached hydrogens (tertiary/aromatic N) is 1. The second-order valence-electron chi connectivity index (χ2n) is 8.12. The first-order valence-electron chi connectivity index (χ1n) is 10.1. The Morgan fingerprint density at radius 2 is 1.90 bits per heavy atom. The fourth-order valence-corrected chi connectivity index (χ4v) is 6.40. The maximum absolute atomic E-state index is 12.8. The topological polar surface area (TPSA) is 104 Å². The third-order valence-corrected chi connectivity index (χ3v) is 7.94. The van der Waals surface area contributed by atoms with E-state index in [1.807, 2.05) is 31.2 Å². The van der Waals surface area contributed by atoms with Crippen molar-refractivity contribution in [1.29, 1.82) is 0 Å². The van der Waals surface area contributed by atoms with E-state index in [-0.39, 0.29) is 30.2 Å². The Labute approximate surface area is 181 Å². The number of aliphatic hydroxyl groups excluding tert-OH is 1. The molecule has 0 aromatic heterocycles. The van der Waals surface area contributed by atoms with Crippen LogP contribution in [0, 0.1) is 11.8 Å². The lowest BCUT2D eigenvalue weighted by Crippen LogP contribution is -2.63. The SMILES string of the molecule is C[C@@H](O)[C@H]1C(=O)N2C(C(=O)O)=C(COc3cccc4c3-c3ccccc3S4=O)[C@H](C)[C@H]12. The zero-order valence-electron chi connectivity index (χ0n) is 16.9. The van der Waals surface area contributed by atoms with Crippen molar-refractivity contribution in [3.05, 3.63) is 53.7 Å². The van der Waals surface area contributed by atoms with Crippen molar-refractivity contribution in [1.82, 2.24) is 4.90 Å². The zero-order chi connectivity index (χ0) is 22.0. The number of hydrogen-bond donors (Lipinski definition) is 2. The molecule has 1 saturated heterocycles. The van der Waals surface area contributed by atoms with Gasteiger partial charge in [0.25, 0.3) is 0 Å². The van der Waals surface area contributed by atoms with E-state index in [1.54, 1.807) is 25.1 Å². The van der Waals surface area contributed by atoms with E-state index in [4.69, 9.17) is 4.74 Å². The first kappa shape index (κ1) is 20.0. The highest BCUT2D eigenvalue weighted by molar-refractivity contribution is 7.85. The molecule has 0 radical (unpaired) electrons. The first-order chi connectivity index (χ1) is 14.8. The average Bonchev–Trinajstić information content (AvgIpc) is 3.16. The van der Waals surface area contributed by atoms with Crippen LogP contribution in [-0.2, 0) is 20.4 Å². The number of carbonyl (C=O) groups is 2. The van der Waals surface area contributed by atoms with E-state index in [9.17, 15) is 24.0 Å². The number of carboxylic acid groups (broad SMARTS) is 1. The molecule has 3 aliphatic heterocycles. The van der Waals surface area contributed by atoms with Crippen LogP contribution < -0.4 is 4.74 Å². The number of β-lactam (4-membered cyclic amide) rings is 1. The van der Waals surface area contributed by atoms with Gasteiger partial charge in [-0.05, 0) is 25.1 Å². The Morgan fingerprint density at radius 1 is 1.19 bits per heavy atom. The van der Waals surface area contributed by atoms with Crippen LogP contribution in [0.3, 0.4) is 0 Å². The number of aliphatic carboxylic acids is 1. The van der Waals surface area contributed by atoms with Crippen LogP contribution in [0.15, 0.2) is 63.5 Å². The minimum absolute atomic E-state index is 0.0130. The third-order valence-electron chi connectivity index (χ3n) is 6.44. The largest absolute Gasteiger partial charge is 0.488 e. The first-order valence-corrected chi connectivity index (χ1v) is 11.2.